The Hall–Kier alpha value is -1.51. The zero-order valence-electron chi connectivity index (χ0n) is 17.3. The molecule has 1 amide bonds. The molecule has 0 radical (unpaired) electrons. The van der Waals surface area contributed by atoms with Crippen molar-refractivity contribution in [2.24, 2.45) is 0 Å². The van der Waals surface area contributed by atoms with Gasteiger partial charge in [0.05, 0.1) is 26.1 Å². The zero-order chi connectivity index (χ0) is 21.3. The van der Waals surface area contributed by atoms with Crippen LogP contribution < -0.4 is 5.32 Å². The zero-order valence-corrected chi connectivity index (χ0v) is 17.3. The summed E-state index contributed by atoms with van der Waals surface area (Å²) in [7, 11) is 0. The van der Waals surface area contributed by atoms with E-state index in [0.29, 0.717) is 6.42 Å². The highest BCUT2D eigenvalue weighted by Gasteiger charge is 2.37. The maximum absolute atomic E-state index is 12.8. The van der Waals surface area contributed by atoms with Crippen molar-refractivity contribution in [3.8, 4) is 0 Å². The molecule has 8 heteroatoms. The number of hydrogen-bond acceptors (Lipinski definition) is 5. The minimum atomic E-state index is -1.10. The van der Waals surface area contributed by atoms with E-state index in [-0.39, 0.29) is 49.6 Å². The average molecular weight is 404 g/mol. The van der Waals surface area contributed by atoms with E-state index < -0.39 is 18.5 Å². The highest BCUT2D eigenvalue weighted by atomic mass is 16.4. The minimum Gasteiger partial charge on any atom is -0.480 e. The molecule has 0 fully saturated rings. The summed E-state index contributed by atoms with van der Waals surface area (Å²) in [6.07, 6.45) is 10.4. The lowest BCUT2D eigenvalue weighted by Gasteiger charge is -2.34. The molecule has 0 aromatic rings. The molecule has 0 saturated carbocycles. The molecule has 0 aliphatic rings. The Labute approximate surface area is 168 Å². The van der Waals surface area contributed by atoms with Crippen molar-refractivity contribution in [1.29, 1.82) is 0 Å². The van der Waals surface area contributed by atoms with Crippen molar-refractivity contribution in [3.05, 3.63) is 0 Å². The first-order valence-corrected chi connectivity index (χ1v) is 10.5. The number of unbranched alkanes of at least 4 members (excludes halogenated alkanes) is 8. The molecule has 0 rings (SSSR count). The minimum absolute atomic E-state index is 0.0251. The number of quaternary nitrogens is 1. The van der Waals surface area contributed by atoms with E-state index in [1.807, 2.05) is 0 Å². The number of amides is 1. The molecule has 0 spiro atoms. The number of aliphatic hydroxyl groups is 1. The number of carboxylic acids is 2. The van der Waals surface area contributed by atoms with Crippen LogP contribution in [0, 0.1) is 0 Å². The van der Waals surface area contributed by atoms with Gasteiger partial charge in [0.25, 0.3) is 0 Å². The maximum Gasteiger partial charge on any atom is 0.359 e. The van der Waals surface area contributed by atoms with Gasteiger partial charge in [-0.3, -0.25) is 4.79 Å². The molecule has 0 aliphatic carbocycles. The van der Waals surface area contributed by atoms with Crippen LogP contribution in [0.15, 0.2) is 0 Å². The third-order valence-electron chi connectivity index (χ3n) is 4.98. The summed E-state index contributed by atoms with van der Waals surface area (Å²) in [4.78, 5) is 34.7. The van der Waals surface area contributed by atoms with Crippen LogP contribution in [-0.2, 0) is 14.4 Å². The summed E-state index contributed by atoms with van der Waals surface area (Å²) in [5.41, 5.74) is 0. The summed E-state index contributed by atoms with van der Waals surface area (Å²) in [5, 5.41) is 30.0. The highest BCUT2D eigenvalue weighted by Crippen LogP contribution is 2.15. The van der Waals surface area contributed by atoms with Crippen LogP contribution in [0.1, 0.15) is 71.1 Å². The third-order valence-corrected chi connectivity index (χ3v) is 4.98. The van der Waals surface area contributed by atoms with Gasteiger partial charge in [-0.25, -0.2) is 14.1 Å². The molecular weight excluding hydrogens is 364 g/mol. The SMILES string of the molecule is CCCCCCCCCCCC(=O)[N+](CCO)(CCNCC(=O)O)CC(=O)O. The number of carbonyl (C=O) groups excluding carboxylic acids is 1. The Balaban J connectivity index is 4.44. The largest absolute Gasteiger partial charge is 0.480 e. The summed E-state index contributed by atoms with van der Waals surface area (Å²) in [5.74, 6) is -2.32. The molecule has 0 saturated heterocycles. The highest BCUT2D eigenvalue weighted by molar-refractivity contribution is 5.74. The van der Waals surface area contributed by atoms with Gasteiger partial charge in [-0.15, -0.1) is 0 Å². The molecule has 164 valence electrons. The summed E-state index contributed by atoms with van der Waals surface area (Å²) in [6.45, 7) is 1.62. The van der Waals surface area contributed by atoms with Crippen molar-refractivity contribution in [1.82, 2.24) is 5.32 Å². The van der Waals surface area contributed by atoms with Crippen LogP contribution >= 0.6 is 0 Å². The average Bonchev–Trinajstić information content (AvgIpc) is 2.63. The standard InChI is InChI=1S/C20H38N2O6/c1-2-3-4-5-6-7-8-9-10-11-18(24)22(14-15-23,17-20(27)28)13-12-21-16-19(25)26/h21,23H,2-17H2,1H3,(H-,25,26,27,28)/p+1. The second-order valence-electron chi connectivity index (χ2n) is 7.41. The van der Waals surface area contributed by atoms with Crippen LogP contribution in [-0.4, -0.2) is 77.0 Å². The van der Waals surface area contributed by atoms with Gasteiger partial charge in [0, 0.05) is 6.54 Å². The third kappa shape index (κ3) is 12.8. The van der Waals surface area contributed by atoms with Crippen molar-refractivity contribution in [2.75, 3.05) is 39.3 Å². The summed E-state index contributed by atoms with van der Waals surface area (Å²) < 4.78 is -0.352. The van der Waals surface area contributed by atoms with E-state index >= 15 is 0 Å². The number of nitrogens with zero attached hydrogens (tertiary/aromatic N) is 1. The Kier molecular flexibility index (Phi) is 15.6. The molecule has 1 atom stereocenters. The molecule has 4 N–H and O–H groups in total. The molecule has 0 aromatic carbocycles. The predicted molar refractivity (Wildman–Crippen MR) is 107 cm³/mol. The number of nitrogens with one attached hydrogen (secondary N) is 1. The second kappa shape index (κ2) is 16.4. The van der Waals surface area contributed by atoms with Crippen LogP contribution in [0.5, 0.6) is 0 Å². The van der Waals surface area contributed by atoms with Gasteiger partial charge in [0.15, 0.2) is 6.54 Å². The number of aliphatic carboxylic acids is 2. The quantitative estimate of drug-likeness (QED) is 0.192. The van der Waals surface area contributed by atoms with Gasteiger partial charge < -0.3 is 20.6 Å². The monoisotopic (exact) mass is 403 g/mol. The van der Waals surface area contributed by atoms with Crippen molar-refractivity contribution in [2.45, 2.75) is 71.1 Å². The molecular formula is C20H39N2O6+. The van der Waals surface area contributed by atoms with Crippen LogP contribution in [0.3, 0.4) is 0 Å². The van der Waals surface area contributed by atoms with Crippen molar-refractivity contribution in [3.63, 3.8) is 0 Å². The topological polar surface area (TPSA) is 124 Å². The second-order valence-corrected chi connectivity index (χ2v) is 7.41. The smallest absolute Gasteiger partial charge is 0.359 e. The molecule has 0 aromatic heterocycles. The lowest BCUT2D eigenvalue weighted by molar-refractivity contribution is -0.847. The van der Waals surface area contributed by atoms with E-state index in [1.165, 1.54) is 32.1 Å². The first-order chi connectivity index (χ1) is 13.4. The van der Waals surface area contributed by atoms with E-state index in [4.69, 9.17) is 5.11 Å². The molecule has 0 aliphatic heterocycles. The van der Waals surface area contributed by atoms with E-state index in [9.17, 15) is 24.6 Å². The maximum atomic E-state index is 12.8. The van der Waals surface area contributed by atoms with Gasteiger partial charge >= 0.3 is 17.8 Å². The number of carboxylic acid groups (broad SMARTS) is 2. The van der Waals surface area contributed by atoms with Crippen molar-refractivity contribution >= 4 is 17.8 Å². The van der Waals surface area contributed by atoms with E-state index in [0.717, 1.165) is 19.3 Å². The first kappa shape index (κ1) is 26.5. The molecule has 28 heavy (non-hydrogen) atoms. The van der Waals surface area contributed by atoms with Crippen LogP contribution in [0.2, 0.25) is 0 Å². The first-order valence-electron chi connectivity index (χ1n) is 10.5. The Morgan fingerprint density at radius 2 is 1.39 bits per heavy atom. The fourth-order valence-corrected chi connectivity index (χ4v) is 3.37. The van der Waals surface area contributed by atoms with Crippen LogP contribution in [0.4, 0.5) is 0 Å². The summed E-state index contributed by atoms with van der Waals surface area (Å²) >= 11 is 0. The van der Waals surface area contributed by atoms with Gasteiger partial charge in [-0.1, -0.05) is 58.3 Å². The number of aliphatic hydroxyl groups excluding tert-OH is 1. The molecule has 1 unspecified atom stereocenters. The van der Waals surface area contributed by atoms with Gasteiger partial charge in [0.2, 0.25) is 0 Å². The molecule has 0 heterocycles. The van der Waals surface area contributed by atoms with Crippen molar-refractivity contribution < 1.29 is 34.2 Å². The number of carbonyl (C=O) groups is 3. The van der Waals surface area contributed by atoms with E-state index in [2.05, 4.69) is 12.2 Å². The normalized spacial score (nSPS) is 13.2. The fraction of sp³-hybridized carbons (Fsp3) is 0.850. The number of hydrogen-bond donors (Lipinski definition) is 4. The Bertz CT molecular complexity index is 458. The lowest BCUT2D eigenvalue weighted by Crippen LogP contribution is -2.59. The molecule has 8 nitrogen and oxygen atoms in total. The Morgan fingerprint density at radius 3 is 1.89 bits per heavy atom. The summed E-state index contributed by atoms with van der Waals surface area (Å²) in [6, 6.07) is 0. The molecule has 0 bridgehead atoms. The van der Waals surface area contributed by atoms with Gasteiger partial charge in [-0.2, -0.15) is 0 Å². The van der Waals surface area contributed by atoms with Crippen LogP contribution in [0.25, 0.3) is 0 Å². The van der Waals surface area contributed by atoms with Gasteiger partial charge in [0.1, 0.15) is 6.54 Å². The number of rotatable bonds is 19. The fourth-order valence-electron chi connectivity index (χ4n) is 3.37. The van der Waals surface area contributed by atoms with E-state index in [1.54, 1.807) is 0 Å². The lowest BCUT2D eigenvalue weighted by atomic mass is 10.1. The predicted octanol–water partition coefficient (Wildman–Crippen LogP) is 2.00. The van der Waals surface area contributed by atoms with Gasteiger partial charge in [-0.05, 0) is 6.42 Å². The Morgan fingerprint density at radius 1 is 0.821 bits per heavy atom.